The van der Waals surface area contributed by atoms with Crippen molar-refractivity contribution in [2.45, 2.75) is 26.2 Å². The fourth-order valence-corrected chi connectivity index (χ4v) is 1.97. The predicted molar refractivity (Wildman–Crippen MR) is 53.5 cm³/mol. The molecule has 0 bridgehead atoms. The van der Waals surface area contributed by atoms with Gasteiger partial charge in [-0.15, -0.1) is 0 Å². The predicted octanol–water partition coefficient (Wildman–Crippen LogP) is 1.95. The Morgan fingerprint density at radius 3 is 2.79 bits per heavy atom. The molecule has 0 fully saturated rings. The van der Waals surface area contributed by atoms with Gasteiger partial charge in [-0.1, -0.05) is 18.2 Å². The number of hydrogen-bond acceptors (Lipinski definition) is 2. The number of carbonyl (C=O) groups excluding carboxylic acids is 2. The monoisotopic (exact) mass is 188 g/mol. The Labute approximate surface area is 82.9 Å². The van der Waals surface area contributed by atoms with Crippen LogP contribution in [-0.4, -0.2) is 11.6 Å². The molecule has 0 N–H and O–H groups in total. The van der Waals surface area contributed by atoms with Crippen LogP contribution in [0.3, 0.4) is 0 Å². The van der Waals surface area contributed by atoms with Gasteiger partial charge in [0.1, 0.15) is 5.78 Å². The zero-order valence-corrected chi connectivity index (χ0v) is 8.17. The van der Waals surface area contributed by atoms with Gasteiger partial charge in [0.2, 0.25) is 0 Å². The summed E-state index contributed by atoms with van der Waals surface area (Å²) in [7, 11) is 0. The minimum absolute atomic E-state index is 0.0524. The Balaban J connectivity index is 2.54. The molecule has 1 aromatic rings. The molecule has 0 radical (unpaired) electrons. The van der Waals surface area contributed by atoms with Crippen molar-refractivity contribution in [2.75, 3.05) is 0 Å². The van der Waals surface area contributed by atoms with Gasteiger partial charge in [0, 0.05) is 18.4 Å². The van der Waals surface area contributed by atoms with Crippen LogP contribution in [0.15, 0.2) is 18.2 Å². The summed E-state index contributed by atoms with van der Waals surface area (Å²) in [4.78, 5) is 22.6. The third-order valence-corrected chi connectivity index (χ3v) is 2.70. The minimum Gasteiger partial charge on any atom is -0.299 e. The highest BCUT2D eigenvalue weighted by Gasteiger charge is 2.19. The summed E-state index contributed by atoms with van der Waals surface area (Å²) in [5, 5.41) is 0. The highest BCUT2D eigenvalue weighted by Crippen LogP contribution is 2.22. The van der Waals surface area contributed by atoms with Crippen molar-refractivity contribution in [1.29, 1.82) is 0 Å². The van der Waals surface area contributed by atoms with Crippen LogP contribution < -0.4 is 0 Å². The summed E-state index contributed by atoms with van der Waals surface area (Å²) < 4.78 is 0. The maximum Gasteiger partial charge on any atom is 0.160 e. The van der Waals surface area contributed by atoms with Crippen molar-refractivity contribution < 1.29 is 9.59 Å². The van der Waals surface area contributed by atoms with Crippen LogP contribution in [0.5, 0.6) is 0 Å². The van der Waals surface area contributed by atoms with Crippen LogP contribution >= 0.6 is 0 Å². The Bertz CT molecular complexity index is 405. The van der Waals surface area contributed by atoms with Gasteiger partial charge >= 0.3 is 0 Å². The molecule has 1 aromatic carbocycles. The lowest BCUT2D eigenvalue weighted by molar-refractivity contribution is -0.118. The van der Waals surface area contributed by atoms with Crippen molar-refractivity contribution in [3.63, 3.8) is 0 Å². The van der Waals surface area contributed by atoms with Gasteiger partial charge < -0.3 is 0 Å². The first-order chi connectivity index (χ1) is 6.68. The van der Waals surface area contributed by atoms with Crippen LogP contribution in [0.25, 0.3) is 0 Å². The molecule has 0 aliphatic heterocycles. The summed E-state index contributed by atoms with van der Waals surface area (Å²) in [5.41, 5.74) is 2.84. The van der Waals surface area contributed by atoms with Gasteiger partial charge in [-0.3, -0.25) is 9.59 Å². The number of rotatable bonds is 1. The third kappa shape index (κ3) is 1.48. The molecular weight excluding hydrogens is 176 g/mol. The molecule has 0 aromatic heterocycles. The van der Waals surface area contributed by atoms with E-state index in [1.807, 2.05) is 12.1 Å². The fraction of sp³-hybridized carbons (Fsp3) is 0.333. The average molecular weight is 188 g/mol. The van der Waals surface area contributed by atoms with E-state index in [-0.39, 0.29) is 11.6 Å². The van der Waals surface area contributed by atoms with Crippen LogP contribution in [0.2, 0.25) is 0 Å². The van der Waals surface area contributed by atoms with Crippen molar-refractivity contribution in [3.8, 4) is 0 Å². The van der Waals surface area contributed by atoms with E-state index in [9.17, 15) is 9.59 Å². The number of carbonyl (C=O) groups is 2. The van der Waals surface area contributed by atoms with E-state index in [1.165, 1.54) is 0 Å². The smallest absolute Gasteiger partial charge is 0.160 e. The lowest BCUT2D eigenvalue weighted by Crippen LogP contribution is -2.16. The molecule has 72 valence electrons. The molecule has 0 atom stereocenters. The van der Waals surface area contributed by atoms with Crippen molar-refractivity contribution in [2.24, 2.45) is 0 Å². The molecule has 0 spiro atoms. The first-order valence-electron chi connectivity index (χ1n) is 4.82. The summed E-state index contributed by atoms with van der Waals surface area (Å²) in [6.07, 6.45) is 1.84. The van der Waals surface area contributed by atoms with Crippen LogP contribution in [0, 0.1) is 0 Å². The molecule has 1 aliphatic rings. The molecule has 0 unspecified atom stereocenters. The largest absolute Gasteiger partial charge is 0.299 e. The lowest BCUT2D eigenvalue weighted by atomic mass is 9.86. The van der Waals surface area contributed by atoms with E-state index in [2.05, 4.69) is 0 Å². The molecule has 0 amide bonds. The molecule has 14 heavy (non-hydrogen) atoms. The van der Waals surface area contributed by atoms with E-state index in [0.29, 0.717) is 12.8 Å². The number of Topliss-reactive ketones (excluding diaryl/α,β-unsaturated/α-hetero) is 2. The van der Waals surface area contributed by atoms with Crippen molar-refractivity contribution >= 4 is 11.6 Å². The van der Waals surface area contributed by atoms with Gasteiger partial charge in [-0.25, -0.2) is 0 Å². The number of hydrogen-bond donors (Lipinski definition) is 0. The second kappa shape index (κ2) is 3.37. The zero-order valence-electron chi connectivity index (χ0n) is 8.17. The summed E-state index contributed by atoms with van der Waals surface area (Å²) >= 11 is 0. The fourth-order valence-electron chi connectivity index (χ4n) is 1.97. The van der Waals surface area contributed by atoms with Gasteiger partial charge in [-0.2, -0.15) is 0 Å². The Kier molecular flexibility index (Phi) is 2.20. The summed E-state index contributed by atoms with van der Waals surface area (Å²) in [6, 6.07) is 5.71. The van der Waals surface area contributed by atoms with Crippen LogP contribution in [-0.2, 0) is 17.6 Å². The lowest BCUT2D eigenvalue weighted by Gasteiger charge is -2.17. The van der Waals surface area contributed by atoms with Gasteiger partial charge in [-0.05, 0) is 24.5 Å². The summed E-state index contributed by atoms with van der Waals surface area (Å²) in [5.74, 6) is 0.294. The molecule has 2 nitrogen and oxygen atoms in total. The van der Waals surface area contributed by atoms with E-state index < -0.39 is 0 Å². The standard InChI is InChI=1S/C12H12O2/c1-8(13)11-4-2-3-9-5-6-10(14)7-12(9)11/h2-4H,5-7H2,1H3. The second-order valence-electron chi connectivity index (χ2n) is 3.71. The number of benzene rings is 1. The SMILES string of the molecule is CC(=O)c1cccc2c1CC(=O)CC2. The van der Waals surface area contributed by atoms with E-state index in [0.717, 1.165) is 23.1 Å². The first-order valence-corrected chi connectivity index (χ1v) is 4.82. The van der Waals surface area contributed by atoms with E-state index >= 15 is 0 Å². The zero-order chi connectivity index (χ0) is 10.1. The second-order valence-corrected chi connectivity index (χ2v) is 3.71. The number of ketones is 2. The van der Waals surface area contributed by atoms with Gasteiger partial charge in [0.05, 0.1) is 0 Å². The Morgan fingerprint density at radius 1 is 1.29 bits per heavy atom. The quantitative estimate of drug-likeness (QED) is 0.631. The Hall–Kier alpha value is -1.44. The normalized spacial score (nSPS) is 15.1. The van der Waals surface area contributed by atoms with E-state index in [1.54, 1.807) is 13.0 Å². The maximum atomic E-state index is 11.3. The van der Waals surface area contributed by atoms with E-state index in [4.69, 9.17) is 0 Å². The van der Waals surface area contributed by atoms with Gasteiger partial charge in [0.25, 0.3) is 0 Å². The number of aryl methyl sites for hydroxylation is 1. The van der Waals surface area contributed by atoms with Gasteiger partial charge in [0.15, 0.2) is 5.78 Å². The molecule has 0 heterocycles. The molecule has 0 saturated heterocycles. The molecular formula is C12H12O2. The first kappa shape index (κ1) is 9.13. The highest BCUT2D eigenvalue weighted by molar-refractivity contribution is 5.98. The third-order valence-electron chi connectivity index (χ3n) is 2.70. The average Bonchev–Trinajstić information content (AvgIpc) is 2.16. The molecule has 0 saturated carbocycles. The van der Waals surface area contributed by atoms with Crippen molar-refractivity contribution in [1.82, 2.24) is 0 Å². The molecule has 1 aliphatic carbocycles. The highest BCUT2D eigenvalue weighted by atomic mass is 16.1. The van der Waals surface area contributed by atoms with Crippen LogP contribution in [0.4, 0.5) is 0 Å². The van der Waals surface area contributed by atoms with Crippen molar-refractivity contribution in [3.05, 3.63) is 34.9 Å². The van der Waals surface area contributed by atoms with Crippen LogP contribution in [0.1, 0.15) is 34.8 Å². The minimum atomic E-state index is 0.0524. The summed E-state index contributed by atoms with van der Waals surface area (Å²) in [6.45, 7) is 1.55. The molecule has 2 rings (SSSR count). The topological polar surface area (TPSA) is 34.1 Å². The Morgan fingerprint density at radius 2 is 2.07 bits per heavy atom. The number of fused-ring (bicyclic) bond motifs is 1. The molecule has 2 heteroatoms. The maximum absolute atomic E-state index is 11.3.